The second-order valence-electron chi connectivity index (χ2n) is 34.2. The van der Waals surface area contributed by atoms with Crippen LogP contribution in [0, 0.1) is 12.3 Å². The van der Waals surface area contributed by atoms with Crippen LogP contribution < -0.4 is 9.97 Å². The van der Waals surface area contributed by atoms with E-state index in [1.165, 1.54) is 44.5 Å². The summed E-state index contributed by atoms with van der Waals surface area (Å²) in [4.78, 5) is 33.6. The summed E-state index contributed by atoms with van der Waals surface area (Å²) in [7, 11) is 0. The predicted molar refractivity (Wildman–Crippen MR) is 389 cm³/mol. The molecule has 92 heavy (non-hydrogen) atoms. The number of H-pyrrole nitrogens is 1. The number of terminal acetylenes is 1. The molecule has 4 aromatic heterocycles. The Morgan fingerprint density at radius 2 is 0.598 bits per heavy atom. The number of nitrogens with zero attached hydrogens (tertiary/aromatic N) is 5. The number of hydrogen-bond donors (Lipinski definition) is 1. The standard InChI is InChI=1S/C85H96N6.Zn/c1-26-49-27-29-50(30-28-49)77-90-75-73-71(53-41-59(82(14,15)16)47-60(42-53)83(17,18)19)67-35-33-65(87-67)69(51-37-55(78(2,3)4)45-56(38-51)79(5,6)7)63-31-32-64(86-63)70(52-39-57(80(8,9)10)46-58(40-52)81(11,12)13)66-34-36-68(88-66)72(74(89-73)76(75)91-77)54-43-61(84(20,21)22)48-62(44-54)85(23,24)25;/h1,27-48H,2-25H3,(H,90,91);/q-2;+2. The SMILES string of the molecule is C#Cc1ccc(-c2nc3c([nH]2)-c2nc-3c(-c3cc(C(C)(C)C)cc(C(C)(C)C)c3)c3ccc([n-]3)c(-c3cc(C(C)(C)C)cc(C(C)(C)C)c3)c3nc(c(-c4cc(C(C)(C)C)cc(C(C)(C)C)c4)c4ccc([n-]4)c2-c2cc(C(C)(C)C)cc(C(C)(C)C)c2)C=C3)cc1.[Zn+2]. The van der Waals surface area contributed by atoms with E-state index in [1.54, 1.807) is 0 Å². The maximum absolute atomic E-state index is 6.11. The van der Waals surface area contributed by atoms with Crippen molar-refractivity contribution in [3.63, 3.8) is 0 Å². The van der Waals surface area contributed by atoms with Gasteiger partial charge in [0.05, 0.1) is 28.5 Å². The summed E-state index contributed by atoms with van der Waals surface area (Å²) in [6, 6.07) is 45.5. The summed E-state index contributed by atoms with van der Waals surface area (Å²) in [5.74, 6) is 3.54. The van der Waals surface area contributed by atoms with Crippen LogP contribution in [0.5, 0.6) is 0 Å². The van der Waals surface area contributed by atoms with E-state index >= 15 is 0 Å². The minimum atomic E-state index is -0.197. The Hall–Kier alpha value is -7.65. The first kappa shape index (κ1) is 67.2. The van der Waals surface area contributed by atoms with Gasteiger partial charge in [0.2, 0.25) is 0 Å². The molecule has 1 N–H and O–H groups in total. The molecule has 0 saturated heterocycles. The molecule has 468 valence electrons. The average Bonchev–Trinajstić information content (AvgIpc) is 1.55. The summed E-state index contributed by atoms with van der Waals surface area (Å²) < 4.78 is 0. The maximum atomic E-state index is 6.11. The van der Waals surface area contributed by atoms with Crippen LogP contribution in [0.15, 0.2) is 121 Å². The van der Waals surface area contributed by atoms with Crippen LogP contribution in [0.4, 0.5) is 0 Å². The van der Waals surface area contributed by atoms with Crippen molar-refractivity contribution in [3.05, 3.63) is 183 Å². The van der Waals surface area contributed by atoms with E-state index in [0.717, 1.165) is 112 Å². The fourth-order valence-electron chi connectivity index (χ4n) is 12.3. The smallest absolute Gasteiger partial charge is 0.657 e. The van der Waals surface area contributed by atoms with Gasteiger partial charge >= 0.3 is 19.5 Å². The molecule has 0 atom stereocenters. The van der Waals surface area contributed by atoms with Crippen molar-refractivity contribution < 1.29 is 19.5 Å². The molecule has 7 heteroatoms. The van der Waals surface area contributed by atoms with Crippen LogP contribution in [0.3, 0.4) is 0 Å². The molecule has 8 bridgehead atoms. The number of hydrogen-bond acceptors (Lipinski definition) is 3. The van der Waals surface area contributed by atoms with Gasteiger partial charge in [-0.25, -0.2) is 15.0 Å². The first-order valence-electron chi connectivity index (χ1n) is 32.8. The zero-order chi connectivity index (χ0) is 66.2. The summed E-state index contributed by atoms with van der Waals surface area (Å²) in [6.45, 7) is 55.3. The molecule has 2 aliphatic rings. The molecule has 2 aliphatic heterocycles. The van der Waals surface area contributed by atoms with Crippen molar-refractivity contribution in [1.29, 1.82) is 0 Å². The molecule has 0 aliphatic carbocycles. The van der Waals surface area contributed by atoms with E-state index in [-0.39, 0.29) is 62.8 Å². The molecule has 0 spiro atoms. The van der Waals surface area contributed by atoms with Gasteiger partial charge in [0.1, 0.15) is 11.5 Å². The van der Waals surface area contributed by atoms with Crippen molar-refractivity contribution in [2.45, 2.75) is 209 Å². The number of benzene rings is 5. The molecule has 0 unspecified atom stereocenters. The largest absolute Gasteiger partial charge is 2.00 e. The van der Waals surface area contributed by atoms with Crippen molar-refractivity contribution >= 4 is 34.2 Å². The third kappa shape index (κ3) is 13.2. The van der Waals surface area contributed by atoms with E-state index in [1.807, 2.05) is 12.1 Å². The van der Waals surface area contributed by atoms with Gasteiger partial charge in [-0.2, -0.15) is 0 Å². The van der Waals surface area contributed by atoms with Crippen LogP contribution in [0.1, 0.15) is 228 Å². The maximum Gasteiger partial charge on any atom is 2.00 e. The van der Waals surface area contributed by atoms with E-state index in [9.17, 15) is 0 Å². The topological polar surface area (TPSA) is 82.7 Å². The quantitative estimate of drug-likeness (QED) is 0.137. The van der Waals surface area contributed by atoms with E-state index in [0.29, 0.717) is 5.82 Å². The van der Waals surface area contributed by atoms with E-state index in [2.05, 4.69) is 298 Å². The number of fused-ring (bicyclic) bond motifs is 11. The van der Waals surface area contributed by atoms with Crippen LogP contribution in [0.2, 0.25) is 0 Å². The van der Waals surface area contributed by atoms with E-state index in [4.69, 9.17) is 31.3 Å². The Morgan fingerprint density at radius 3 is 0.891 bits per heavy atom. The van der Waals surface area contributed by atoms with Crippen molar-refractivity contribution in [1.82, 2.24) is 29.9 Å². The second-order valence-corrected chi connectivity index (χ2v) is 34.2. The molecule has 5 aromatic carbocycles. The Morgan fingerprint density at radius 1 is 0.315 bits per heavy atom. The van der Waals surface area contributed by atoms with Gasteiger partial charge in [-0.1, -0.05) is 281 Å². The van der Waals surface area contributed by atoms with Gasteiger partial charge in [0, 0.05) is 11.1 Å². The van der Waals surface area contributed by atoms with Gasteiger partial charge in [-0.3, -0.25) is 0 Å². The van der Waals surface area contributed by atoms with Crippen LogP contribution >= 0.6 is 0 Å². The molecule has 6 nitrogen and oxygen atoms in total. The summed E-state index contributed by atoms with van der Waals surface area (Å²) in [5.41, 5.74) is 26.0. The molecule has 0 radical (unpaired) electrons. The summed E-state index contributed by atoms with van der Waals surface area (Å²) in [5, 5.41) is 0. The third-order valence-corrected chi connectivity index (χ3v) is 18.5. The van der Waals surface area contributed by atoms with Crippen molar-refractivity contribution in [2.24, 2.45) is 0 Å². The average molecular weight is 1270 g/mol. The molecule has 0 amide bonds. The fourth-order valence-corrected chi connectivity index (χ4v) is 12.3. The monoisotopic (exact) mass is 1260 g/mol. The molecular weight excluding hydrogens is 1170 g/mol. The minimum Gasteiger partial charge on any atom is -0.657 e. The van der Waals surface area contributed by atoms with Crippen molar-refractivity contribution in [3.8, 4) is 91.0 Å². The normalized spacial score (nSPS) is 13.3. The first-order valence-corrected chi connectivity index (χ1v) is 32.8. The van der Waals surface area contributed by atoms with Crippen LogP contribution in [-0.2, 0) is 62.8 Å². The van der Waals surface area contributed by atoms with Gasteiger partial charge in [0.25, 0.3) is 0 Å². The van der Waals surface area contributed by atoms with Gasteiger partial charge in [-0.05, 0) is 157 Å². The fraction of sp³-hybridized carbons (Fsp3) is 0.376. The number of aromatic amines is 1. The van der Waals surface area contributed by atoms with Gasteiger partial charge in [0.15, 0.2) is 0 Å². The minimum absolute atomic E-state index is 0. The molecule has 6 heterocycles. The second kappa shape index (κ2) is 23.1. The molecule has 11 rings (SSSR count). The number of imidazole rings is 1. The number of rotatable bonds is 5. The van der Waals surface area contributed by atoms with E-state index < -0.39 is 0 Å². The zero-order valence-corrected chi connectivity index (χ0v) is 62.7. The predicted octanol–water partition coefficient (Wildman–Crippen LogP) is 22.5. The Kier molecular flexibility index (Phi) is 16.9. The van der Waals surface area contributed by atoms with Crippen molar-refractivity contribution in [2.75, 3.05) is 0 Å². The molecule has 9 aromatic rings. The zero-order valence-electron chi connectivity index (χ0n) is 59.7. The van der Waals surface area contributed by atoms with Gasteiger partial charge in [-0.15, -0.1) is 28.5 Å². The first-order chi connectivity index (χ1) is 42.0. The van der Waals surface area contributed by atoms with Gasteiger partial charge < -0.3 is 15.0 Å². The number of aromatic nitrogens is 6. The Bertz CT molecular complexity index is 4250. The molecule has 0 saturated carbocycles. The number of nitrogens with one attached hydrogen (secondary N) is 1. The summed E-state index contributed by atoms with van der Waals surface area (Å²) in [6.07, 6.45) is 10.4. The van der Waals surface area contributed by atoms with Crippen LogP contribution in [-0.4, -0.2) is 19.9 Å². The third-order valence-electron chi connectivity index (χ3n) is 18.5. The Labute approximate surface area is 563 Å². The molecular formula is C85H96N6Zn. The summed E-state index contributed by atoms with van der Waals surface area (Å²) >= 11 is 0. The molecule has 0 fully saturated rings. The Balaban J connectivity index is 0.00000927. The van der Waals surface area contributed by atoms with Crippen LogP contribution in [0.25, 0.3) is 113 Å².